The first-order valence-electron chi connectivity index (χ1n) is 4.29. The predicted molar refractivity (Wildman–Crippen MR) is 52.1 cm³/mol. The van der Waals surface area contributed by atoms with Gasteiger partial charge in [0.15, 0.2) is 5.84 Å². The molecule has 0 saturated heterocycles. The van der Waals surface area contributed by atoms with Crippen molar-refractivity contribution in [3.8, 4) is 0 Å². The summed E-state index contributed by atoms with van der Waals surface area (Å²) in [6.45, 7) is 3.79. The monoisotopic (exact) mass is 203 g/mol. The normalized spacial score (nSPS) is 16.1. The fraction of sp³-hybridized carbons (Fsp3) is 0.750. The van der Waals surface area contributed by atoms with Crippen LogP contribution in [0.4, 0.5) is 0 Å². The quantitative estimate of drug-likeness (QED) is 0.243. The zero-order valence-electron chi connectivity index (χ0n) is 8.65. The molecule has 0 spiro atoms. The molecule has 0 aromatic carbocycles. The number of carbonyl (C=O) groups excluding carboxylic acids is 1. The van der Waals surface area contributed by atoms with E-state index in [9.17, 15) is 4.79 Å². The highest BCUT2D eigenvalue weighted by molar-refractivity contribution is 6.01. The smallest absolute Gasteiger partial charge is 0.230 e. The Kier molecular flexibility index (Phi) is 5.62. The number of amides is 1. The summed E-state index contributed by atoms with van der Waals surface area (Å²) in [5.74, 6) is -1.03. The molecule has 14 heavy (non-hydrogen) atoms. The van der Waals surface area contributed by atoms with Crippen LogP contribution in [0.3, 0.4) is 0 Å². The molecule has 0 rings (SSSR count). The Balaban J connectivity index is 4.08. The molecule has 1 amide bonds. The van der Waals surface area contributed by atoms with Crippen LogP contribution in [0.5, 0.6) is 0 Å². The van der Waals surface area contributed by atoms with E-state index in [2.05, 4.69) is 10.5 Å². The van der Waals surface area contributed by atoms with Crippen molar-refractivity contribution in [2.24, 2.45) is 16.8 Å². The van der Waals surface area contributed by atoms with Gasteiger partial charge in [0.2, 0.25) is 5.91 Å². The highest BCUT2D eigenvalue weighted by Gasteiger charge is 2.18. The van der Waals surface area contributed by atoms with Crippen molar-refractivity contribution >= 4 is 11.7 Å². The van der Waals surface area contributed by atoms with Crippen molar-refractivity contribution in [3.63, 3.8) is 0 Å². The summed E-state index contributed by atoms with van der Waals surface area (Å²) in [5, 5.41) is 13.8. The zero-order valence-corrected chi connectivity index (χ0v) is 8.65. The lowest BCUT2D eigenvalue weighted by molar-refractivity contribution is -0.123. The van der Waals surface area contributed by atoms with Gasteiger partial charge in [0.25, 0.3) is 0 Å². The van der Waals surface area contributed by atoms with Crippen LogP contribution in [0, 0.1) is 5.92 Å². The van der Waals surface area contributed by atoms with E-state index in [0.717, 1.165) is 0 Å². The maximum atomic E-state index is 11.4. The molecule has 2 atom stereocenters. The number of hydrogen-bond donors (Lipinski definition) is 3. The van der Waals surface area contributed by atoms with E-state index in [-0.39, 0.29) is 17.8 Å². The number of nitrogens with two attached hydrogens (primary N) is 1. The number of ether oxygens (including phenoxy) is 1. The first-order chi connectivity index (χ1) is 6.52. The van der Waals surface area contributed by atoms with Gasteiger partial charge in [-0.15, -0.1) is 0 Å². The van der Waals surface area contributed by atoms with E-state index in [0.29, 0.717) is 6.61 Å². The van der Waals surface area contributed by atoms with E-state index in [1.54, 1.807) is 21.0 Å². The molecule has 0 radical (unpaired) electrons. The van der Waals surface area contributed by atoms with E-state index in [1.807, 2.05) is 0 Å². The second-order valence-corrected chi connectivity index (χ2v) is 3.11. The zero-order chi connectivity index (χ0) is 11.1. The van der Waals surface area contributed by atoms with Crippen LogP contribution in [-0.2, 0) is 9.53 Å². The molecule has 0 fully saturated rings. The number of nitrogens with one attached hydrogen (secondary N) is 1. The summed E-state index contributed by atoms with van der Waals surface area (Å²) in [4.78, 5) is 11.4. The Hall–Kier alpha value is -1.30. The third-order valence-corrected chi connectivity index (χ3v) is 1.76. The van der Waals surface area contributed by atoms with Crippen LogP contribution in [0.2, 0.25) is 0 Å². The summed E-state index contributed by atoms with van der Waals surface area (Å²) in [6.07, 6.45) is 0. The van der Waals surface area contributed by atoms with Crippen molar-refractivity contribution in [1.82, 2.24) is 5.32 Å². The molecule has 0 aliphatic heterocycles. The minimum atomic E-state index is -0.640. The number of carbonyl (C=O) groups is 1. The lowest BCUT2D eigenvalue weighted by Crippen LogP contribution is -2.42. The van der Waals surface area contributed by atoms with E-state index >= 15 is 0 Å². The summed E-state index contributed by atoms with van der Waals surface area (Å²) in [5.41, 5.74) is 5.27. The van der Waals surface area contributed by atoms with Crippen LogP contribution in [0.15, 0.2) is 5.16 Å². The fourth-order valence-electron chi connectivity index (χ4n) is 0.880. The molecule has 6 heteroatoms. The molecule has 2 unspecified atom stereocenters. The van der Waals surface area contributed by atoms with Crippen molar-refractivity contribution < 1.29 is 14.7 Å². The molecule has 0 aromatic rings. The average Bonchev–Trinajstić information content (AvgIpc) is 2.15. The van der Waals surface area contributed by atoms with Gasteiger partial charge >= 0.3 is 0 Å². The molecular weight excluding hydrogens is 186 g/mol. The molecule has 0 heterocycles. The van der Waals surface area contributed by atoms with Gasteiger partial charge in [0, 0.05) is 13.2 Å². The molecule has 4 N–H and O–H groups in total. The predicted octanol–water partition coefficient (Wildman–Crippen LogP) is -0.480. The van der Waals surface area contributed by atoms with Crippen LogP contribution in [-0.4, -0.2) is 36.7 Å². The summed E-state index contributed by atoms with van der Waals surface area (Å²) < 4.78 is 4.85. The maximum absolute atomic E-state index is 11.4. The van der Waals surface area contributed by atoms with Gasteiger partial charge in [0.1, 0.15) is 0 Å². The lowest BCUT2D eigenvalue weighted by atomic mass is 10.1. The molecule has 0 aromatic heterocycles. The molecule has 0 bridgehead atoms. The molecule has 6 nitrogen and oxygen atoms in total. The second kappa shape index (κ2) is 6.20. The molecule has 0 saturated carbocycles. The third-order valence-electron chi connectivity index (χ3n) is 1.76. The van der Waals surface area contributed by atoms with Gasteiger partial charge in [-0.25, -0.2) is 0 Å². The van der Waals surface area contributed by atoms with Gasteiger partial charge in [-0.1, -0.05) is 5.16 Å². The first kappa shape index (κ1) is 12.7. The maximum Gasteiger partial charge on any atom is 0.230 e. The molecule has 0 aliphatic carbocycles. The molecule has 0 aliphatic rings. The van der Waals surface area contributed by atoms with Crippen LogP contribution >= 0.6 is 0 Å². The standard InChI is InChI=1S/C8H17N3O3/c1-5(4-14-3)10-8(12)6(2)7(9)11-13/h5-6,13H,4H2,1-3H3,(H2,9,11)(H,10,12). The van der Waals surface area contributed by atoms with Gasteiger partial charge in [-0.3, -0.25) is 4.79 Å². The summed E-state index contributed by atoms with van der Waals surface area (Å²) in [7, 11) is 1.55. The van der Waals surface area contributed by atoms with Crippen molar-refractivity contribution in [2.45, 2.75) is 19.9 Å². The highest BCUT2D eigenvalue weighted by Crippen LogP contribution is 1.96. The van der Waals surface area contributed by atoms with Gasteiger partial charge in [0.05, 0.1) is 12.5 Å². The number of nitrogens with zero attached hydrogens (tertiary/aromatic N) is 1. The highest BCUT2D eigenvalue weighted by atomic mass is 16.5. The van der Waals surface area contributed by atoms with Crippen molar-refractivity contribution in [1.29, 1.82) is 0 Å². The van der Waals surface area contributed by atoms with Crippen LogP contribution in [0.25, 0.3) is 0 Å². The second-order valence-electron chi connectivity index (χ2n) is 3.11. The lowest BCUT2D eigenvalue weighted by Gasteiger charge is -2.15. The summed E-state index contributed by atoms with van der Waals surface area (Å²) >= 11 is 0. The number of amidine groups is 1. The Morgan fingerprint density at radius 1 is 1.64 bits per heavy atom. The van der Waals surface area contributed by atoms with Crippen LogP contribution in [0.1, 0.15) is 13.8 Å². The van der Waals surface area contributed by atoms with Crippen LogP contribution < -0.4 is 11.1 Å². The number of rotatable bonds is 5. The van der Waals surface area contributed by atoms with E-state index in [1.165, 1.54) is 0 Å². The van der Waals surface area contributed by atoms with Gasteiger partial charge < -0.3 is 21.0 Å². The number of hydrogen-bond acceptors (Lipinski definition) is 4. The first-order valence-corrected chi connectivity index (χ1v) is 4.29. The minimum absolute atomic E-state index is 0.0959. The Morgan fingerprint density at radius 3 is 2.64 bits per heavy atom. The SMILES string of the molecule is COCC(C)NC(=O)C(C)C(N)=NO. The molecule has 82 valence electrons. The fourth-order valence-corrected chi connectivity index (χ4v) is 0.880. The van der Waals surface area contributed by atoms with Crippen molar-refractivity contribution in [2.75, 3.05) is 13.7 Å². The average molecular weight is 203 g/mol. The number of methoxy groups -OCH3 is 1. The van der Waals surface area contributed by atoms with E-state index in [4.69, 9.17) is 15.7 Å². The Bertz CT molecular complexity index is 218. The largest absolute Gasteiger partial charge is 0.409 e. The molecular formula is C8H17N3O3. The minimum Gasteiger partial charge on any atom is -0.409 e. The number of oxime groups is 1. The van der Waals surface area contributed by atoms with E-state index < -0.39 is 5.92 Å². The Labute approximate surface area is 83.1 Å². The third kappa shape index (κ3) is 4.08. The van der Waals surface area contributed by atoms with Gasteiger partial charge in [-0.2, -0.15) is 0 Å². The topological polar surface area (TPSA) is 96.9 Å². The van der Waals surface area contributed by atoms with Crippen molar-refractivity contribution in [3.05, 3.63) is 0 Å². The van der Waals surface area contributed by atoms with Gasteiger partial charge in [-0.05, 0) is 13.8 Å². The summed E-state index contributed by atoms with van der Waals surface area (Å²) in [6, 6.07) is -0.0959. The Morgan fingerprint density at radius 2 is 2.21 bits per heavy atom.